The van der Waals surface area contributed by atoms with E-state index in [-0.39, 0.29) is 12.4 Å². The van der Waals surface area contributed by atoms with Crippen molar-refractivity contribution in [1.82, 2.24) is 24.8 Å². The topological polar surface area (TPSA) is 60.6 Å². The van der Waals surface area contributed by atoms with Crippen molar-refractivity contribution in [2.24, 2.45) is 0 Å². The first-order valence-corrected chi connectivity index (χ1v) is 9.81. The van der Waals surface area contributed by atoms with Gasteiger partial charge in [0.25, 0.3) is 0 Å². The highest BCUT2D eigenvalue weighted by Crippen LogP contribution is 2.30. The summed E-state index contributed by atoms with van der Waals surface area (Å²) in [6.07, 6.45) is 7.26. The van der Waals surface area contributed by atoms with E-state index in [4.69, 9.17) is 0 Å². The maximum Gasteiger partial charge on any atom is 0.178 e. The van der Waals surface area contributed by atoms with Crippen molar-refractivity contribution in [3.8, 4) is 11.3 Å². The van der Waals surface area contributed by atoms with Crippen LogP contribution in [-0.4, -0.2) is 37.9 Å². The van der Waals surface area contributed by atoms with Crippen molar-refractivity contribution in [1.29, 1.82) is 0 Å². The summed E-state index contributed by atoms with van der Waals surface area (Å²) in [5.74, 6) is 0.887. The van der Waals surface area contributed by atoms with E-state index < -0.39 is 0 Å². The number of nitrogens with zero attached hydrogens (tertiary/aromatic N) is 3. The van der Waals surface area contributed by atoms with Gasteiger partial charge >= 0.3 is 0 Å². The summed E-state index contributed by atoms with van der Waals surface area (Å²) in [7, 11) is 2.26. The predicted octanol–water partition coefficient (Wildman–Crippen LogP) is 5.21. The van der Waals surface area contributed by atoms with Crippen LogP contribution in [0.3, 0.4) is 0 Å². The third-order valence-electron chi connectivity index (χ3n) is 5.87. The van der Waals surface area contributed by atoms with Crippen LogP contribution in [0.5, 0.6) is 0 Å². The third-order valence-corrected chi connectivity index (χ3v) is 5.87. The van der Waals surface area contributed by atoms with Crippen molar-refractivity contribution in [3.05, 3.63) is 47.9 Å². The second-order valence-electron chi connectivity index (χ2n) is 7.84. The molecule has 0 saturated heterocycles. The minimum Gasteiger partial charge on any atom is -0.354 e. The van der Waals surface area contributed by atoms with Gasteiger partial charge in [-0.25, -0.2) is 9.97 Å². The molecule has 5 rings (SSSR count). The summed E-state index contributed by atoms with van der Waals surface area (Å²) in [4.78, 5) is 18.3. The fourth-order valence-electron chi connectivity index (χ4n) is 4.43. The van der Waals surface area contributed by atoms with Crippen LogP contribution in [0.4, 0.5) is 0 Å². The standard InChI is InChI=1S/C22H25N5.ClH/c1-14-24-21-18(9-10-23-22(21)25-14)20-12-16-8-7-15(11-19(16)26-20)13-27(2)17-5-3-4-6-17;/h7-12,17,26H,3-6,13H2,1-2H3,(H,23,24,25);1H. The van der Waals surface area contributed by atoms with Crippen LogP contribution in [0.1, 0.15) is 37.1 Å². The van der Waals surface area contributed by atoms with E-state index in [1.54, 1.807) is 0 Å². The lowest BCUT2D eigenvalue weighted by Gasteiger charge is -2.24. The Balaban J connectivity index is 0.00000192. The Morgan fingerprint density at radius 1 is 1.11 bits per heavy atom. The molecule has 1 aliphatic rings. The Bertz CT molecular complexity index is 1110. The zero-order valence-electron chi connectivity index (χ0n) is 16.3. The number of benzene rings is 1. The molecule has 1 fully saturated rings. The van der Waals surface area contributed by atoms with Crippen molar-refractivity contribution >= 4 is 34.5 Å². The molecule has 0 spiro atoms. The first kappa shape index (κ1) is 19.0. The fraction of sp³-hybridized carbons (Fsp3) is 0.364. The summed E-state index contributed by atoms with van der Waals surface area (Å²) in [5, 5.41) is 1.23. The molecule has 0 aliphatic heterocycles. The summed E-state index contributed by atoms with van der Waals surface area (Å²) in [6.45, 7) is 2.97. The Hall–Kier alpha value is -2.37. The van der Waals surface area contributed by atoms with E-state index in [9.17, 15) is 0 Å². The molecule has 6 heteroatoms. The van der Waals surface area contributed by atoms with Crippen molar-refractivity contribution in [3.63, 3.8) is 0 Å². The fourth-order valence-corrected chi connectivity index (χ4v) is 4.43. The Morgan fingerprint density at radius 3 is 2.75 bits per heavy atom. The number of hydrogen-bond donors (Lipinski definition) is 2. The molecular formula is C22H26ClN5. The van der Waals surface area contributed by atoms with Gasteiger partial charge in [-0.05, 0) is 50.6 Å². The maximum absolute atomic E-state index is 4.45. The molecule has 0 amide bonds. The van der Waals surface area contributed by atoms with Crippen molar-refractivity contribution in [2.75, 3.05) is 7.05 Å². The lowest BCUT2D eigenvalue weighted by Crippen LogP contribution is -2.28. The number of hydrogen-bond acceptors (Lipinski definition) is 3. The molecule has 1 saturated carbocycles. The second kappa shape index (κ2) is 7.57. The maximum atomic E-state index is 4.45. The zero-order chi connectivity index (χ0) is 18.4. The number of pyridine rings is 1. The first-order valence-electron chi connectivity index (χ1n) is 9.81. The molecule has 4 aromatic rings. The number of fused-ring (bicyclic) bond motifs is 2. The van der Waals surface area contributed by atoms with Gasteiger partial charge in [0.05, 0.1) is 5.52 Å². The van der Waals surface area contributed by atoms with Crippen LogP contribution in [-0.2, 0) is 6.54 Å². The molecule has 3 aromatic heterocycles. The summed E-state index contributed by atoms with van der Waals surface area (Å²) in [5.41, 5.74) is 6.51. The Labute approximate surface area is 171 Å². The number of halogens is 1. The molecule has 5 nitrogen and oxygen atoms in total. The van der Waals surface area contributed by atoms with E-state index in [0.717, 1.165) is 40.8 Å². The smallest absolute Gasteiger partial charge is 0.178 e. The van der Waals surface area contributed by atoms with Gasteiger partial charge in [0, 0.05) is 40.9 Å². The van der Waals surface area contributed by atoms with Gasteiger partial charge in [0.15, 0.2) is 5.65 Å². The SMILES string of the molecule is Cc1nc2nccc(-c3cc4ccc(CN(C)C5CCCC5)cc4[nH]3)c2[nH]1.Cl. The number of H-pyrrole nitrogens is 2. The van der Waals surface area contributed by atoms with Gasteiger partial charge in [0.2, 0.25) is 0 Å². The van der Waals surface area contributed by atoms with E-state index >= 15 is 0 Å². The molecule has 146 valence electrons. The number of aromatic nitrogens is 4. The molecule has 1 aromatic carbocycles. The van der Waals surface area contributed by atoms with Crippen LogP contribution in [0.15, 0.2) is 36.5 Å². The number of nitrogens with one attached hydrogen (secondary N) is 2. The van der Waals surface area contributed by atoms with Gasteiger partial charge in [-0.15, -0.1) is 12.4 Å². The summed E-state index contributed by atoms with van der Waals surface area (Å²) >= 11 is 0. The van der Waals surface area contributed by atoms with Gasteiger partial charge in [0.1, 0.15) is 5.82 Å². The lowest BCUT2D eigenvalue weighted by atomic mass is 10.1. The number of rotatable bonds is 4. The van der Waals surface area contributed by atoms with Gasteiger partial charge in [-0.3, -0.25) is 4.90 Å². The van der Waals surface area contributed by atoms with E-state index in [2.05, 4.69) is 56.1 Å². The molecule has 1 aliphatic carbocycles. The molecule has 3 heterocycles. The van der Waals surface area contributed by atoms with Crippen molar-refractivity contribution < 1.29 is 0 Å². The molecule has 0 unspecified atom stereocenters. The van der Waals surface area contributed by atoms with Gasteiger partial charge in [-0.1, -0.05) is 25.0 Å². The highest BCUT2D eigenvalue weighted by molar-refractivity contribution is 5.94. The third kappa shape index (κ3) is 3.40. The molecule has 0 atom stereocenters. The predicted molar refractivity (Wildman–Crippen MR) is 117 cm³/mol. The largest absolute Gasteiger partial charge is 0.354 e. The van der Waals surface area contributed by atoms with Gasteiger partial charge < -0.3 is 9.97 Å². The van der Waals surface area contributed by atoms with E-state index in [0.29, 0.717) is 0 Å². The van der Waals surface area contributed by atoms with Crippen LogP contribution < -0.4 is 0 Å². The quantitative estimate of drug-likeness (QED) is 0.498. The van der Waals surface area contributed by atoms with Crippen LogP contribution in [0.25, 0.3) is 33.3 Å². The highest BCUT2D eigenvalue weighted by Gasteiger charge is 2.19. The average molecular weight is 396 g/mol. The highest BCUT2D eigenvalue weighted by atomic mass is 35.5. The zero-order valence-corrected chi connectivity index (χ0v) is 17.1. The van der Waals surface area contributed by atoms with Crippen LogP contribution in [0, 0.1) is 6.92 Å². The average Bonchev–Trinajstić information content (AvgIpc) is 3.39. The van der Waals surface area contributed by atoms with Gasteiger partial charge in [-0.2, -0.15) is 0 Å². The second-order valence-corrected chi connectivity index (χ2v) is 7.84. The van der Waals surface area contributed by atoms with E-state index in [1.807, 2.05) is 19.2 Å². The summed E-state index contributed by atoms with van der Waals surface area (Å²) < 4.78 is 0. The molecule has 2 N–H and O–H groups in total. The Morgan fingerprint density at radius 2 is 1.93 bits per heavy atom. The molecule has 0 radical (unpaired) electrons. The Kier molecular flexibility index (Phi) is 5.13. The lowest BCUT2D eigenvalue weighted by molar-refractivity contribution is 0.237. The minimum atomic E-state index is 0. The molecule has 0 bridgehead atoms. The normalized spacial score (nSPS) is 15.0. The van der Waals surface area contributed by atoms with Crippen LogP contribution >= 0.6 is 12.4 Å². The number of aromatic amines is 2. The van der Waals surface area contributed by atoms with E-state index in [1.165, 1.54) is 42.1 Å². The molecule has 28 heavy (non-hydrogen) atoms. The first-order chi connectivity index (χ1) is 13.2. The minimum absolute atomic E-state index is 0. The number of aryl methyl sites for hydroxylation is 1. The van der Waals surface area contributed by atoms with Crippen molar-refractivity contribution in [2.45, 2.75) is 45.2 Å². The monoisotopic (exact) mass is 395 g/mol. The van der Waals surface area contributed by atoms with Crippen LogP contribution in [0.2, 0.25) is 0 Å². The molecular weight excluding hydrogens is 370 g/mol. The summed E-state index contributed by atoms with van der Waals surface area (Å²) in [6, 6.07) is 11.8. The number of imidazole rings is 1.